The highest BCUT2D eigenvalue weighted by Gasteiger charge is 2.54. The minimum Gasteiger partial charge on any atom is -0.350 e. The maximum absolute atomic E-state index is 14.3. The molecule has 6 rings (SSSR count). The number of aryl methyl sites for hydroxylation is 1. The number of halogens is 1. The van der Waals surface area contributed by atoms with Crippen molar-refractivity contribution in [2.75, 3.05) is 6.54 Å². The first kappa shape index (κ1) is 22.8. The quantitative estimate of drug-likeness (QED) is 0.548. The second-order valence-electron chi connectivity index (χ2n) is 10.4. The summed E-state index contributed by atoms with van der Waals surface area (Å²) in [6.07, 6.45) is 8.35. The van der Waals surface area contributed by atoms with E-state index in [-0.39, 0.29) is 23.3 Å². The normalized spacial score (nSPS) is 20.4. The van der Waals surface area contributed by atoms with Gasteiger partial charge < -0.3 is 10.2 Å². The summed E-state index contributed by atoms with van der Waals surface area (Å²) in [5.74, 6) is -0.147. The molecule has 8 nitrogen and oxygen atoms in total. The number of nitrogens with zero attached hydrogens (tertiary/aromatic N) is 4. The van der Waals surface area contributed by atoms with Gasteiger partial charge in [-0.25, -0.2) is 4.39 Å². The van der Waals surface area contributed by atoms with Crippen LogP contribution in [-0.2, 0) is 11.3 Å². The third-order valence-corrected chi connectivity index (χ3v) is 7.79. The average molecular weight is 489 g/mol. The maximum atomic E-state index is 14.3. The molecule has 1 aliphatic heterocycles. The summed E-state index contributed by atoms with van der Waals surface area (Å²) >= 11 is 0. The molecule has 2 amide bonds. The lowest BCUT2D eigenvalue weighted by atomic mass is 9.88. The van der Waals surface area contributed by atoms with Gasteiger partial charge in [-0.3, -0.25) is 24.7 Å². The Labute approximate surface area is 208 Å². The van der Waals surface area contributed by atoms with Gasteiger partial charge >= 0.3 is 0 Å². The summed E-state index contributed by atoms with van der Waals surface area (Å²) in [6.45, 7) is 2.73. The largest absolute Gasteiger partial charge is 0.350 e. The first-order valence-corrected chi connectivity index (χ1v) is 12.6. The number of nitrogens with one attached hydrogen (secondary N) is 2. The Balaban J connectivity index is 1.11. The first-order valence-electron chi connectivity index (χ1n) is 12.6. The highest BCUT2D eigenvalue weighted by molar-refractivity contribution is 5.94. The van der Waals surface area contributed by atoms with E-state index in [4.69, 9.17) is 0 Å². The van der Waals surface area contributed by atoms with E-state index in [1.807, 2.05) is 11.0 Å². The number of carbonyl (C=O) groups excluding carboxylic acids is 2. The monoisotopic (exact) mass is 488 g/mol. The number of piperidine rings is 1. The number of aromatic nitrogens is 4. The van der Waals surface area contributed by atoms with E-state index < -0.39 is 5.82 Å². The Morgan fingerprint density at radius 1 is 1.22 bits per heavy atom. The summed E-state index contributed by atoms with van der Waals surface area (Å²) in [4.78, 5) is 36.8. The molecule has 0 radical (unpaired) electrons. The Morgan fingerprint density at radius 2 is 2.06 bits per heavy atom. The van der Waals surface area contributed by atoms with Crippen molar-refractivity contribution in [2.24, 2.45) is 5.92 Å². The zero-order valence-electron chi connectivity index (χ0n) is 20.3. The smallest absolute Gasteiger partial charge is 0.272 e. The molecule has 2 N–H and O–H groups in total. The molecule has 0 unspecified atom stereocenters. The van der Waals surface area contributed by atoms with Crippen molar-refractivity contribution < 1.29 is 14.0 Å². The van der Waals surface area contributed by atoms with Crippen LogP contribution in [0.1, 0.15) is 71.9 Å². The molecule has 2 aliphatic carbocycles. The van der Waals surface area contributed by atoms with Crippen LogP contribution in [0, 0.1) is 18.7 Å². The molecule has 0 bridgehead atoms. The van der Waals surface area contributed by atoms with Crippen LogP contribution in [-0.4, -0.2) is 49.0 Å². The molecule has 1 atom stereocenters. The highest BCUT2D eigenvalue weighted by Crippen LogP contribution is 2.50. The summed E-state index contributed by atoms with van der Waals surface area (Å²) in [6, 6.07) is 7.28. The summed E-state index contributed by atoms with van der Waals surface area (Å²) in [7, 11) is 0. The molecule has 9 heteroatoms. The number of aromatic amines is 1. The molecule has 0 aromatic carbocycles. The Bertz CT molecular complexity index is 1330. The van der Waals surface area contributed by atoms with Gasteiger partial charge in [0.15, 0.2) is 5.82 Å². The predicted octanol–water partition coefficient (Wildman–Crippen LogP) is 3.89. The lowest BCUT2D eigenvalue weighted by molar-refractivity contribution is -0.127. The topological polar surface area (TPSA) is 104 Å². The fraction of sp³-hybridized carbons (Fsp3) is 0.444. The van der Waals surface area contributed by atoms with E-state index in [1.165, 1.54) is 18.4 Å². The number of hydrogen-bond acceptors (Lipinski definition) is 5. The number of carbonyl (C=O) groups is 2. The summed E-state index contributed by atoms with van der Waals surface area (Å²) < 4.78 is 14.3. The van der Waals surface area contributed by atoms with Crippen molar-refractivity contribution in [3.05, 3.63) is 65.1 Å². The SMILES string of the molecule is Cc1cc(-c2cc(C(=O)N3CC[C@H](C(=O)NCc4ncccc4C4CC4)CC34CC4)[nH]n2)c(F)cn1. The maximum Gasteiger partial charge on any atom is 0.272 e. The lowest BCUT2D eigenvalue weighted by Crippen LogP contribution is -2.50. The van der Waals surface area contributed by atoms with Gasteiger partial charge in [0, 0.05) is 35.5 Å². The zero-order chi connectivity index (χ0) is 24.9. The van der Waals surface area contributed by atoms with E-state index >= 15 is 0 Å². The van der Waals surface area contributed by atoms with Gasteiger partial charge in [0.25, 0.3) is 5.91 Å². The fourth-order valence-corrected chi connectivity index (χ4v) is 5.49. The third kappa shape index (κ3) is 4.27. The van der Waals surface area contributed by atoms with Crippen LogP contribution >= 0.6 is 0 Å². The fourth-order valence-electron chi connectivity index (χ4n) is 5.49. The molecule has 3 aromatic rings. The Morgan fingerprint density at radius 3 is 2.83 bits per heavy atom. The van der Waals surface area contributed by atoms with Crippen LogP contribution in [0.15, 0.2) is 36.7 Å². The highest BCUT2D eigenvalue weighted by atomic mass is 19.1. The number of rotatable bonds is 6. The molecule has 4 heterocycles. The van der Waals surface area contributed by atoms with Gasteiger partial charge in [-0.05, 0) is 75.1 Å². The molecule has 1 saturated heterocycles. The Kier molecular flexibility index (Phi) is 5.58. The molecule has 186 valence electrons. The van der Waals surface area contributed by atoms with E-state index in [0.29, 0.717) is 54.5 Å². The molecular weight excluding hydrogens is 459 g/mol. The van der Waals surface area contributed by atoms with E-state index in [2.05, 4.69) is 31.5 Å². The minimum absolute atomic E-state index is 0.0353. The molecule has 1 spiro atoms. The molecule has 36 heavy (non-hydrogen) atoms. The molecule has 3 aliphatic rings. The minimum atomic E-state index is -0.480. The number of pyridine rings is 2. The van der Waals surface area contributed by atoms with Crippen LogP contribution < -0.4 is 5.32 Å². The molecule has 3 fully saturated rings. The molecule has 3 aromatic heterocycles. The van der Waals surface area contributed by atoms with Crippen LogP contribution in [0.3, 0.4) is 0 Å². The number of amides is 2. The number of H-pyrrole nitrogens is 1. The van der Waals surface area contributed by atoms with Crippen molar-refractivity contribution in [1.82, 2.24) is 30.4 Å². The molecule has 2 saturated carbocycles. The van der Waals surface area contributed by atoms with Gasteiger partial charge in [-0.1, -0.05) is 6.07 Å². The van der Waals surface area contributed by atoms with Gasteiger partial charge in [0.05, 0.1) is 24.1 Å². The second-order valence-corrected chi connectivity index (χ2v) is 10.4. The van der Waals surface area contributed by atoms with Crippen LogP contribution in [0.5, 0.6) is 0 Å². The van der Waals surface area contributed by atoms with Crippen LogP contribution in [0.4, 0.5) is 4.39 Å². The summed E-state index contributed by atoms with van der Waals surface area (Å²) in [5.41, 5.74) is 3.61. The van der Waals surface area contributed by atoms with Crippen molar-refractivity contribution in [1.29, 1.82) is 0 Å². The first-order chi connectivity index (χ1) is 17.4. The van der Waals surface area contributed by atoms with Crippen LogP contribution in [0.25, 0.3) is 11.3 Å². The standard InChI is InChI=1S/C27H29FN6O2/c1-16-11-20(21(28)14-30-16)22-12-23(33-32-22)26(36)34-10-6-18(13-27(34)7-8-27)25(35)31-15-24-19(17-4-5-17)3-2-9-29-24/h2-3,9,11-12,14,17-18H,4-8,10,13,15H2,1H3,(H,31,35)(H,32,33)/t18-/m0/s1. The van der Waals surface area contributed by atoms with Gasteiger partial charge in [0.1, 0.15) is 5.69 Å². The summed E-state index contributed by atoms with van der Waals surface area (Å²) in [5, 5.41) is 10.1. The third-order valence-electron chi connectivity index (χ3n) is 7.79. The number of likely N-dealkylation sites (tertiary alicyclic amines) is 1. The predicted molar refractivity (Wildman–Crippen MR) is 130 cm³/mol. The van der Waals surface area contributed by atoms with Crippen molar-refractivity contribution >= 4 is 11.8 Å². The Hall–Kier alpha value is -3.62. The van der Waals surface area contributed by atoms with E-state index in [1.54, 1.807) is 25.3 Å². The van der Waals surface area contributed by atoms with E-state index in [0.717, 1.165) is 24.7 Å². The van der Waals surface area contributed by atoms with E-state index in [9.17, 15) is 14.0 Å². The lowest BCUT2D eigenvalue weighted by Gasteiger charge is -2.39. The van der Waals surface area contributed by atoms with Gasteiger partial charge in [-0.15, -0.1) is 0 Å². The van der Waals surface area contributed by atoms with Crippen molar-refractivity contribution in [3.8, 4) is 11.3 Å². The van der Waals surface area contributed by atoms with Crippen molar-refractivity contribution in [3.63, 3.8) is 0 Å². The number of hydrogen-bond donors (Lipinski definition) is 2. The average Bonchev–Trinajstić information content (AvgIpc) is 3.82. The molecular formula is C27H29FN6O2. The van der Waals surface area contributed by atoms with Gasteiger partial charge in [0.2, 0.25) is 5.91 Å². The van der Waals surface area contributed by atoms with Crippen molar-refractivity contribution in [2.45, 2.75) is 63.5 Å². The van der Waals surface area contributed by atoms with Gasteiger partial charge in [-0.2, -0.15) is 5.10 Å². The van der Waals surface area contributed by atoms with Crippen LogP contribution in [0.2, 0.25) is 0 Å². The second kappa shape index (κ2) is 8.80. The zero-order valence-corrected chi connectivity index (χ0v) is 20.3.